The van der Waals surface area contributed by atoms with Crippen LogP contribution in [0, 0.1) is 5.92 Å². The lowest BCUT2D eigenvalue weighted by Crippen LogP contribution is -2.57. The van der Waals surface area contributed by atoms with Gasteiger partial charge >= 0.3 is 11.9 Å². The van der Waals surface area contributed by atoms with Gasteiger partial charge in [-0.1, -0.05) is 33.1 Å². The van der Waals surface area contributed by atoms with Gasteiger partial charge < -0.3 is 14.7 Å². The van der Waals surface area contributed by atoms with Gasteiger partial charge in [0.1, 0.15) is 12.1 Å². The van der Waals surface area contributed by atoms with E-state index in [2.05, 4.69) is 0 Å². The first-order valence-corrected chi connectivity index (χ1v) is 10.8. The lowest BCUT2D eigenvalue weighted by molar-refractivity contribution is -0.157. The second-order valence-corrected chi connectivity index (χ2v) is 8.01. The van der Waals surface area contributed by atoms with Crippen LogP contribution in [0.1, 0.15) is 72.6 Å². The van der Waals surface area contributed by atoms with Crippen LogP contribution < -0.4 is 0 Å². The van der Waals surface area contributed by atoms with Crippen molar-refractivity contribution in [3.63, 3.8) is 0 Å². The van der Waals surface area contributed by atoms with Crippen LogP contribution in [0.3, 0.4) is 0 Å². The summed E-state index contributed by atoms with van der Waals surface area (Å²) < 4.78 is 5.24. The molecule has 2 aliphatic rings. The van der Waals surface area contributed by atoms with Crippen molar-refractivity contribution in [3.05, 3.63) is 0 Å². The van der Waals surface area contributed by atoms with Gasteiger partial charge in [-0.3, -0.25) is 14.5 Å². The summed E-state index contributed by atoms with van der Waals surface area (Å²) in [6, 6.07) is -1.79. The van der Waals surface area contributed by atoms with E-state index in [9.17, 15) is 19.5 Å². The van der Waals surface area contributed by atoms with Gasteiger partial charge in [0.05, 0.1) is 12.6 Å². The van der Waals surface area contributed by atoms with Crippen molar-refractivity contribution in [2.24, 2.45) is 5.92 Å². The minimum atomic E-state index is -0.923. The molecule has 0 aromatic rings. The molecule has 2 rings (SSSR count). The summed E-state index contributed by atoms with van der Waals surface area (Å²) in [5.41, 5.74) is 0. The molecule has 28 heavy (non-hydrogen) atoms. The summed E-state index contributed by atoms with van der Waals surface area (Å²) >= 11 is 0. The smallest absolute Gasteiger partial charge is 0.326 e. The maximum absolute atomic E-state index is 13.5. The number of carboxylic acids is 1. The maximum Gasteiger partial charge on any atom is 0.326 e. The van der Waals surface area contributed by atoms with Crippen LogP contribution >= 0.6 is 0 Å². The lowest BCUT2D eigenvalue weighted by atomic mass is 9.84. The van der Waals surface area contributed by atoms with E-state index in [1.165, 1.54) is 0 Å². The minimum absolute atomic E-state index is 0.00993. The van der Waals surface area contributed by atoms with Crippen LogP contribution in [-0.2, 0) is 19.1 Å². The van der Waals surface area contributed by atoms with E-state index < -0.39 is 24.1 Å². The maximum atomic E-state index is 13.5. The zero-order valence-corrected chi connectivity index (χ0v) is 17.7. The first kappa shape index (κ1) is 22.7. The number of ether oxygens (including phenoxy) is 1. The highest BCUT2D eigenvalue weighted by atomic mass is 16.5. The molecule has 1 saturated carbocycles. The molecule has 1 aliphatic carbocycles. The predicted molar refractivity (Wildman–Crippen MR) is 106 cm³/mol. The zero-order valence-electron chi connectivity index (χ0n) is 17.7. The van der Waals surface area contributed by atoms with E-state index >= 15 is 0 Å². The summed E-state index contributed by atoms with van der Waals surface area (Å²) in [5, 5.41) is 9.73. The molecular weight excluding hydrogens is 360 g/mol. The molecule has 0 spiro atoms. The van der Waals surface area contributed by atoms with E-state index in [4.69, 9.17) is 4.74 Å². The van der Waals surface area contributed by atoms with Gasteiger partial charge in [-0.15, -0.1) is 0 Å². The monoisotopic (exact) mass is 396 g/mol. The molecule has 0 bridgehead atoms. The van der Waals surface area contributed by atoms with Crippen molar-refractivity contribution in [2.75, 3.05) is 13.2 Å². The second-order valence-electron chi connectivity index (χ2n) is 8.01. The third-order valence-corrected chi connectivity index (χ3v) is 6.37. The highest BCUT2D eigenvalue weighted by Crippen LogP contribution is 2.40. The first-order valence-electron chi connectivity index (χ1n) is 10.8. The fourth-order valence-corrected chi connectivity index (χ4v) is 5.05. The number of likely N-dealkylation sites (tertiary alicyclic amines) is 1. The molecule has 5 unspecified atom stereocenters. The number of carboxylic acid groups (broad SMARTS) is 1. The number of carbonyl (C=O) groups is 3. The largest absolute Gasteiger partial charge is 0.480 e. The number of amides is 1. The first-order chi connectivity index (χ1) is 13.4. The van der Waals surface area contributed by atoms with Crippen molar-refractivity contribution in [1.82, 2.24) is 9.80 Å². The van der Waals surface area contributed by atoms with Gasteiger partial charge in [0.15, 0.2) is 0 Å². The summed E-state index contributed by atoms with van der Waals surface area (Å²) in [6.45, 7) is 8.32. The van der Waals surface area contributed by atoms with Crippen LogP contribution in [0.4, 0.5) is 0 Å². The van der Waals surface area contributed by atoms with E-state index in [0.29, 0.717) is 26.0 Å². The molecule has 1 N–H and O–H groups in total. The molecule has 1 saturated heterocycles. The average Bonchev–Trinajstić information content (AvgIpc) is 3.07. The van der Waals surface area contributed by atoms with Crippen molar-refractivity contribution in [3.8, 4) is 0 Å². The Morgan fingerprint density at radius 2 is 1.86 bits per heavy atom. The second kappa shape index (κ2) is 10.2. The topological polar surface area (TPSA) is 87.2 Å². The van der Waals surface area contributed by atoms with E-state index in [1.54, 1.807) is 18.7 Å². The Morgan fingerprint density at radius 3 is 2.43 bits per heavy atom. The van der Waals surface area contributed by atoms with E-state index in [1.807, 2.05) is 18.7 Å². The summed E-state index contributed by atoms with van der Waals surface area (Å²) in [4.78, 5) is 41.3. The number of hydrogen-bond acceptors (Lipinski definition) is 5. The Balaban J connectivity index is 2.25. The van der Waals surface area contributed by atoms with Gasteiger partial charge in [-0.25, -0.2) is 4.79 Å². The summed E-state index contributed by atoms with van der Waals surface area (Å²) in [5.74, 6) is -1.13. The summed E-state index contributed by atoms with van der Waals surface area (Å²) in [6.07, 6.45) is 5.95. The fourth-order valence-electron chi connectivity index (χ4n) is 5.05. The number of esters is 1. The Bertz CT molecular complexity index is 567. The standard InChI is InChI=1S/C21H36N2O5/c1-5-10-17(21(27)28-7-3)22(6-2)14(4)19(24)23-16-12-9-8-11-15(16)13-18(23)20(25)26/h14-18H,5-13H2,1-4H3,(H,25,26). The van der Waals surface area contributed by atoms with Gasteiger partial charge in [0.25, 0.3) is 0 Å². The molecule has 2 fully saturated rings. The van der Waals surface area contributed by atoms with Gasteiger partial charge in [0.2, 0.25) is 5.91 Å². The SMILES string of the molecule is CCCC(C(=O)OCC)N(CC)C(C)C(=O)N1C(C(=O)O)CC2CCCCC21. The van der Waals surface area contributed by atoms with Crippen molar-refractivity contribution in [1.29, 1.82) is 0 Å². The highest BCUT2D eigenvalue weighted by Gasteiger charge is 2.49. The van der Waals surface area contributed by atoms with E-state index in [-0.39, 0.29) is 23.8 Å². The number of rotatable bonds is 9. The molecule has 7 nitrogen and oxygen atoms in total. The van der Waals surface area contributed by atoms with Crippen LogP contribution in [0.15, 0.2) is 0 Å². The predicted octanol–water partition coefficient (Wildman–Crippen LogP) is 2.67. The highest BCUT2D eigenvalue weighted by molar-refractivity contribution is 5.88. The van der Waals surface area contributed by atoms with Crippen LogP contribution in [0.25, 0.3) is 0 Å². The Hall–Kier alpha value is -1.63. The quantitative estimate of drug-likeness (QED) is 0.603. The Kier molecular flexibility index (Phi) is 8.28. The number of likely N-dealkylation sites (N-methyl/N-ethyl adjacent to an activating group) is 1. The number of nitrogens with zero attached hydrogens (tertiary/aromatic N) is 2. The Labute approximate surface area is 168 Å². The number of aliphatic carboxylic acids is 1. The van der Waals surface area contributed by atoms with Gasteiger partial charge in [-0.05, 0) is 52.0 Å². The molecule has 1 aliphatic heterocycles. The molecule has 0 radical (unpaired) electrons. The van der Waals surface area contributed by atoms with Crippen LogP contribution in [0.5, 0.6) is 0 Å². The molecular formula is C21H36N2O5. The average molecular weight is 397 g/mol. The number of hydrogen-bond donors (Lipinski definition) is 1. The van der Waals surface area contributed by atoms with Gasteiger partial charge in [0, 0.05) is 6.04 Å². The van der Waals surface area contributed by atoms with Crippen molar-refractivity contribution < 1.29 is 24.2 Å². The molecule has 160 valence electrons. The molecule has 1 heterocycles. The Morgan fingerprint density at radius 1 is 1.18 bits per heavy atom. The number of fused-ring (bicyclic) bond motifs is 1. The minimum Gasteiger partial charge on any atom is -0.480 e. The van der Waals surface area contributed by atoms with E-state index in [0.717, 1.165) is 32.1 Å². The molecule has 0 aromatic carbocycles. The molecule has 0 aromatic heterocycles. The molecule has 5 atom stereocenters. The third kappa shape index (κ3) is 4.67. The van der Waals surface area contributed by atoms with Crippen LogP contribution in [-0.4, -0.2) is 70.1 Å². The lowest BCUT2D eigenvalue weighted by Gasteiger charge is -2.39. The van der Waals surface area contributed by atoms with Crippen LogP contribution in [0.2, 0.25) is 0 Å². The third-order valence-electron chi connectivity index (χ3n) is 6.37. The van der Waals surface area contributed by atoms with Crippen molar-refractivity contribution in [2.45, 2.75) is 96.8 Å². The number of carbonyl (C=O) groups excluding carboxylic acids is 2. The summed E-state index contributed by atoms with van der Waals surface area (Å²) in [7, 11) is 0. The fraction of sp³-hybridized carbons (Fsp3) is 0.857. The van der Waals surface area contributed by atoms with Crippen molar-refractivity contribution >= 4 is 17.8 Å². The molecule has 1 amide bonds. The van der Waals surface area contributed by atoms with Gasteiger partial charge in [-0.2, -0.15) is 0 Å². The normalized spacial score (nSPS) is 26.6. The zero-order chi connectivity index (χ0) is 20.8. The molecule has 7 heteroatoms.